The molecule has 0 amide bonds. The number of hydrogen-bond donors (Lipinski definition) is 1. The molecule has 2 aromatic rings. The van der Waals surface area contributed by atoms with Crippen molar-refractivity contribution in [1.82, 2.24) is 15.3 Å². The number of rotatable bonds is 7. The molecule has 20 heavy (non-hydrogen) atoms. The third-order valence-electron chi connectivity index (χ3n) is 2.52. The van der Waals surface area contributed by atoms with Crippen LogP contribution in [0, 0.1) is 0 Å². The first-order chi connectivity index (χ1) is 9.78. The zero-order valence-corrected chi connectivity index (χ0v) is 11.9. The Labute approximate surface area is 122 Å². The van der Waals surface area contributed by atoms with Crippen LogP contribution in [0.4, 0.5) is 0 Å². The molecule has 1 N–H and O–H groups in total. The minimum atomic E-state index is 0.313. The molecule has 106 valence electrons. The lowest BCUT2D eigenvalue weighted by atomic mass is 10.3. The van der Waals surface area contributed by atoms with E-state index in [-0.39, 0.29) is 0 Å². The molecule has 0 spiro atoms. The molecule has 0 saturated carbocycles. The van der Waals surface area contributed by atoms with Gasteiger partial charge in [-0.25, -0.2) is 9.97 Å². The third-order valence-corrected chi connectivity index (χ3v) is 2.77. The molecule has 6 heteroatoms. The van der Waals surface area contributed by atoms with E-state index in [4.69, 9.17) is 21.1 Å². The van der Waals surface area contributed by atoms with Crippen LogP contribution in [0.5, 0.6) is 11.8 Å². The Hall–Kier alpha value is -1.69. The summed E-state index contributed by atoms with van der Waals surface area (Å²) in [6.07, 6.45) is 3.47. The number of aromatic nitrogens is 2. The number of halogens is 1. The first kappa shape index (κ1) is 14.7. The Morgan fingerprint density at radius 2 is 1.85 bits per heavy atom. The number of ether oxygens (including phenoxy) is 2. The molecule has 0 saturated heterocycles. The van der Waals surface area contributed by atoms with Gasteiger partial charge in [0, 0.05) is 43.2 Å². The van der Waals surface area contributed by atoms with Crippen LogP contribution in [-0.2, 0) is 11.3 Å². The molecule has 1 aromatic carbocycles. The molecule has 0 aliphatic rings. The molecule has 0 unspecified atom stereocenters. The monoisotopic (exact) mass is 293 g/mol. The van der Waals surface area contributed by atoms with E-state index in [0.29, 0.717) is 29.9 Å². The smallest absolute Gasteiger partial charge is 0.321 e. The van der Waals surface area contributed by atoms with Gasteiger partial charge in [0.1, 0.15) is 5.75 Å². The third kappa shape index (κ3) is 4.77. The second-order valence-electron chi connectivity index (χ2n) is 4.10. The molecule has 0 aliphatic carbocycles. The van der Waals surface area contributed by atoms with Crippen LogP contribution >= 0.6 is 11.6 Å². The highest BCUT2D eigenvalue weighted by atomic mass is 35.5. The van der Waals surface area contributed by atoms with Crippen LogP contribution in [0.3, 0.4) is 0 Å². The summed E-state index contributed by atoms with van der Waals surface area (Å²) in [6.45, 7) is 2.17. The van der Waals surface area contributed by atoms with Gasteiger partial charge >= 0.3 is 6.01 Å². The molecule has 0 radical (unpaired) electrons. The quantitative estimate of drug-likeness (QED) is 0.795. The van der Waals surface area contributed by atoms with Crippen LogP contribution in [0.15, 0.2) is 36.7 Å². The molecule has 0 atom stereocenters. The molecule has 1 aromatic heterocycles. The highest BCUT2D eigenvalue weighted by molar-refractivity contribution is 6.30. The lowest BCUT2D eigenvalue weighted by molar-refractivity contribution is 0.199. The summed E-state index contributed by atoms with van der Waals surface area (Å²) in [6, 6.07) is 7.36. The van der Waals surface area contributed by atoms with Crippen molar-refractivity contribution in [1.29, 1.82) is 0 Å². The Kier molecular flexibility index (Phi) is 5.73. The minimum absolute atomic E-state index is 0.313. The lowest BCUT2D eigenvalue weighted by Gasteiger charge is -2.06. The molecular weight excluding hydrogens is 278 g/mol. The number of benzene rings is 1. The highest BCUT2D eigenvalue weighted by Gasteiger charge is 2.01. The second-order valence-corrected chi connectivity index (χ2v) is 4.54. The van der Waals surface area contributed by atoms with Crippen LogP contribution in [0.25, 0.3) is 0 Å². The van der Waals surface area contributed by atoms with E-state index in [1.165, 1.54) is 0 Å². The largest absolute Gasteiger partial charge is 0.424 e. The Morgan fingerprint density at radius 3 is 2.50 bits per heavy atom. The summed E-state index contributed by atoms with van der Waals surface area (Å²) in [5, 5.41) is 3.88. The SMILES string of the molecule is COCCNCc1cnc(Oc2ccc(Cl)cc2)nc1. The summed E-state index contributed by atoms with van der Waals surface area (Å²) >= 11 is 5.80. The van der Waals surface area contributed by atoms with Crippen molar-refractivity contribution in [3.63, 3.8) is 0 Å². The highest BCUT2D eigenvalue weighted by Crippen LogP contribution is 2.19. The van der Waals surface area contributed by atoms with Crippen molar-refractivity contribution in [2.45, 2.75) is 6.54 Å². The zero-order chi connectivity index (χ0) is 14.2. The number of methoxy groups -OCH3 is 1. The molecule has 2 rings (SSSR count). The van der Waals surface area contributed by atoms with E-state index in [1.54, 1.807) is 43.8 Å². The van der Waals surface area contributed by atoms with Gasteiger partial charge in [0.2, 0.25) is 0 Å². The maximum absolute atomic E-state index is 5.80. The van der Waals surface area contributed by atoms with Gasteiger partial charge in [-0.05, 0) is 24.3 Å². The Morgan fingerprint density at radius 1 is 1.15 bits per heavy atom. The van der Waals surface area contributed by atoms with Gasteiger partial charge in [0.05, 0.1) is 6.61 Å². The lowest BCUT2D eigenvalue weighted by Crippen LogP contribution is -2.18. The first-order valence-corrected chi connectivity index (χ1v) is 6.60. The molecule has 5 nitrogen and oxygen atoms in total. The number of nitrogens with one attached hydrogen (secondary N) is 1. The summed E-state index contributed by atoms with van der Waals surface area (Å²) in [5.74, 6) is 0.653. The summed E-state index contributed by atoms with van der Waals surface area (Å²) in [4.78, 5) is 8.32. The van der Waals surface area contributed by atoms with Crippen LogP contribution in [-0.4, -0.2) is 30.2 Å². The van der Waals surface area contributed by atoms with E-state index in [9.17, 15) is 0 Å². The predicted octanol–water partition coefficient (Wildman–Crippen LogP) is 2.66. The van der Waals surface area contributed by atoms with Gasteiger partial charge < -0.3 is 14.8 Å². The van der Waals surface area contributed by atoms with Gasteiger partial charge in [-0.3, -0.25) is 0 Å². The normalized spacial score (nSPS) is 10.5. The van der Waals surface area contributed by atoms with E-state index in [2.05, 4.69) is 15.3 Å². The Balaban J connectivity index is 1.86. The average Bonchev–Trinajstić information content (AvgIpc) is 2.48. The van der Waals surface area contributed by atoms with Gasteiger partial charge in [0.25, 0.3) is 0 Å². The van der Waals surface area contributed by atoms with Gasteiger partial charge in [-0.2, -0.15) is 0 Å². The average molecular weight is 294 g/mol. The molecule has 1 heterocycles. The van der Waals surface area contributed by atoms with E-state index < -0.39 is 0 Å². The number of nitrogens with zero attached hydrogens (tertiary/aromatic N) is 2. The maximum atomic E-state index is 5.80. The topological polar surface area (TPSA) is 56.3 Å². The second kappa shape index (κ2) is 7.79. The zero-order valence-electron chi connectivity index (χ0n) is 11.2. The van der Waals surface area contributed by atoms with Crippen molar-refractivity contribution in [3.8, 4) is 11.8 Å². The van der Waals surface area contributed by atoms with Crippen molar-refractivity contribution in [2.75, 3.05) is 20.3 Å². The molecule has 0 bridgehead atoms. The Bertz CT molecular complexity index is 517. The standard InChI is InChI=1S/C14H16ClN3O2/c1-19-7-6-16-8-11-9-17-14(18-10-11)20-13-4-2-12(15)3-5-13/h2-5,9-10,16H,6-8H2,1H3. The van der Waals surface area contributed by atoms with Gasteiger partial charge in [-0.1, -0.05) is 11.6 Å². The molecular formula is C14H16ClN3O2. The van der Waals surface area contributed by atoms with E-state index in [1.807, 2.05) is 0 Å². The first-order valence-electron chi connectivity index (χ1n) is 6.22. The summed E-state index contributed by atoms with van der Waals surface area (Å²) in [5.41, 5.74) is 0.990. The van der Waals surface area contributed by atoms with Crippen molar-refractivity contribution in [2.24, 2.45) is 0 Å². The fourth-order valence-electron chi connectivity index (χ4n) is 1.50. The maximum Gasteiger partial charge on any atom is 0.321 e. The minimum Gasteiger partial charge on any atom is -0.424 e. The van der Waals surface area contributed by atoms with Crippen molar-refractivity contribution in [3.05, 3.63) is 47.2 Å². The molecule has 0 fully saturated rings. The van der Waals surface area contributed by atoms with Gasteiger partial charge in [0.15, 0.2) is 0 Å². The number of hydrogen-bond acceptors (Lipinski definition) is 5. The fraction of sp³-hybridized carbons (Fsp3) is 0.286. The van der Waals surface area contributed by atoms with E-state index in [0.717, 1.165) is 12.1 Å². The van der Waals surface area contributed by atoms with Crippen molar-refractivity contribution < 1.29 is 9.47 Å². The van der Waals surface area contributed by atoms with Crippen LogP contribution < -0.4 is 10.1 Å². The van der Waals surface area contributed by atoms with Crippen LogP contribution in [0.2, 0.25) is 5.02 Å². The van der Waals surface area contributed by atoms with Gasteiger partial charge in [-0.15, -0.1) is 0 Å². The fourth-order valence-corrected chi connectivity index (χ4v) is 1.63. The van der Waals surface area contributed by atoms with Crippen LogP contribution in [0.1, 0.15) is 5.56 Å². The van der Waals surface area contributed by atoms with E-state index >= 15 is 0 Å². The molecule has 0 aliphatic heterocycles. The van der Waals surface area contributed by atoms with Crippen molar-refractivity contribution >= 4 is 11.6 Å². The summed E-state index contributed by atoms with van der Waals surface area (Å²) in [7, 11) is 1.67. The predicted molar refractivity (Wildman–Crippen MR) is 77.1 cm³/mol. The summed E-state index contributed by atoms with van der Waals surface area (Å²) < 4.78 is 10.5.